The van der Waals surface area contributed by atoms with Crippen molar-refractivity contribution in [3.8, 4) is 0 Å². The summed E-state index contributed by atoms with van der Waals surface area (Å²) in [6, 6.07) is 4.77. The van der Waals surface area contributed by atoms with Crippen molar-refractivity contribution >= 4 is 22.5 Å². The van der Waals surface area contributed by atoms with Crippen LogP contribution in [0.5, 0.6) is 0 Å². The number of hydrogen-bond donors (Lipinski definition) is 0. The van der Waals surface area contributed by atoms with Crippen molar-refractivity contribution in [1.82, 2.24) is 24.5 Å². The standard InChI is InChI=1S/C16H23N7S/c1-21(2)16-17-14(20-24-16)10-22(3)12-8-23(9-12)15-7-6-13(18-19-15)11-4-5-11/h6-7,11-12H,4-5,8-10H2,1-3H3. The molecule has 128 valence electrons. The van der Waals surface area contributed by atoms with Crippen LogP contribution in [0.1, 0.15) is 30.3 Å². The Kier molecular flexibility index (Phi) is 4.09. The molecule has 2 aromatic heterocycles. The Balaban J connectivity index is 1.29. The van der Waals surface area contributed by atoms with E-state index in [1.165, 1.54) is 24.4 Å². The first-order valence-corrected chi connectivity index (χ1v) is 9.16. The van der Waals surface area contributed by atoms with Gasteiger partial charge >= 0.3 is 0 Å². The Labute approximate surface area is 146 Å². The lowest BCUT2D eigenvalue weighted by atomic mass is 10.1. The van der Waals surface area contributed by atoms with Gasteiger partial charge in [0.25, 0.3) is 0 Å². The van der Waals surface area contributed by atoms with Gasteiger partial charge in [-0.3, -0.25) is 4.90 Å². The van der Waals surface area contributed by atoms with Crippen LogP contribution in [0, 0.1) is 0 Å². The maximum Gasteiger partial charge on any atom is 0.204 e. The molecule has 2 fully saturated rings. The zero-order valence-electron chi connectivity index (χ0n) is 14.4. The lowest BCUT2D eigenvalue weighted by molar-refractivity contribution is 0.193. The van der Waals surface area contributed by atoms with Crippen molar-refractivity contribution in [2.24, 2.45) is 0 Å². The third-order valence-electron chi connectivity index (χ3n) is 4.71. The smallest absolute Gasteiger partial charge is 0.204 e. The Morgan fingerprint density at radius 1 is 1.17 bits per heavy atom. The molecule has 0 bridgehead atoms. The van der Waals surface area contributed by atoms with Gasteiger partial charge in [-0.05, 0) is 32.0 Å². The second kappa shape index (κ2) is 6.25. The molecular formula is C16H23N7S. The molecule has 8 heteroatoms. The number of anilines is 2. The number of nitrogens with zero attached hydrogens (tertiary/aromatic N) is 7. The van der Waals surface area contributed by atoms with E-state index in [1.807, 2.05) is 19.0 Å². The summed E-state index contributed by atoms with van der Waals surface area (Å²) in [6.07, 6.45) is 2.54. The van der Waals surface area contributed by atoms with Crippen molar-refractivity contribution in [3.05, 3.63) is 23.7 Å². The van der Waals surface area contributed by atoms with Gasteiger partial charge in [-0.15, -0.1) is 5.10 Å². The van der Waals surface area contributed by atoms with Crippen LogP contribution in [-0.2, 0) is 6.54 Å². The van der Waals surface area contributed by atoms with Crippen molar-refractivity contribution in [2.45, 2.75) is 31.3 Å². The second-order valence-electron chi connectivity index (χ2n) is 6.95. The maximum atomic E-state index is 4.56. The predicted octanol–water partition coefficient (Wildman–Crippen LogP) is 1.59. The van der Waals surface area contributed by atoms with Gasteiger partial charge in [0.05, 0.1) is 12.2 Å². The zero-order chi connectivity index (χ0) is 16.7. The molecule has 1 aliphatic heterocycles. The molecule has 24 heavy (non-hydrogen) atoms. The molecule has 0 atom stereocenters. The Morgan fingerprint density at radius 2 is 1.96 bits per heavy atom. The molecular weight excluding hydrogens is 322 g/mol. The minimum atomic E-state index is 0.515. The summed E-state index contributed by atoms with van der Waals surface area (Å²) in [5.41, 5.74) is 1.15. The van der Waals surface area contributed by atoms with Gasteiger partial charge in [0.1, 0.15) is 0 Å². The minimum absolute atomic E-state index is 0.515. The molecule has 0 unspecified atom stereocenters. The van der Waals surface area contributed by atoms with Crippen LogP contribution in [0.4, 0.5) is 10.9 Å². The highest BCUT2D eigenvalue weighted by molar-refractivity contribution is 7.09. The van der Waals surface area contributed by atoms with Crippen LogP contribution in [0.25, 0.3) is 0 Å². The van der Waals surface area contributed by atoms with E-state index in [-0.39, 0.29) is 0 Å². The Hall–Kier alpha value is -1.80. The van der Waals surface area contributed by atoms with Crippen LogP contribution < -0.4 is 9.80 Å². The highest BCUT2D eigenvalue weighted by Crippen LogP contribution is 2.38. The maximum absolute atomic E-state index is 4.56. The quantitative estimate of drug-likeness (QED) is 0.788. The van der Waals surface area contributed by atoms with E-state index in [1.54, 1.807) is 0 Å². The fourth-order valence-corrected chi connectivity index (χ4v) is 3.46. The minimum Gasteiger partial charge on any atom is -0.353 e. The first-order valence-electron chi connectivity index (χ1n) is 8.39. The summed E-state index contributed by atoms with van der Waals surface area (Å²) in [5, 5.41) is 9.72. The van der Waals surface area contributed by atoms with Gasteiger partial charge in [-0.2, -0.15) is 9.47 Å². The van der Waals surface area contributed by atoms with Crippen molar-refractivity contribution in [2.75, 3.05) is 44.0 Å². The van der Waals surface area contributed by atoms with Gasteiger partial charge in [-0.25, -0.2) is 4.98 Å². The topological polar surface area (TPSA) is 61.3 Å². The second-order valence-corrected chi connectivity index (χ2v) is 7.68. The van der Waals surface area contributed by atoms with Gasteiger partial charge in [0.2, 0.25) is 5.13 Å². The van der Waals surface area contributed by atoms with Gasteiger partial charge in [-0.1, -0.05) is 0 Å². The number of likely N-dealkylation sites (N-methyl/N-ethyl adjacent to an activating group) is 1. The fraction of sp³-hybridized carbons (Fsp3) is 0.625. The lowest BCUT2D eigenvalue weighted by Crippen LogP contribution is -2.58. The highest BCUT2D eigenvalue weighted by Gasteiger charge is 2.32. The van der Waals surface area contributed by atoms with Gasteiger partial charge < -0.3 is 9.80 Å². The predicted molar refractivity (Wildman–Crippen MR) is 95.7 cm³/mol. The molecule has 0 amide bonds. The first kappa shape index (κ1) is 15.7. The molecule has 0 N–H and O–H groups in total. The largest absolute Gasteiger partial charge is 0.353 e. The van der Waals surface area contributed by atoms with E-state index >= 15 is 0 Å². The molecule has 1 saturated heterocycles. The summed E-state index contributed by atoms with van der Waals surface area (Å²) in [5.74, 6) is 2.56. The first-order chi connectivity index (χ1) is 11.6. The zero-order valence-corrected chi connectivity index (χ0v) is 15.2. The molecule has 4 rings (SSSR count). The summed E-state index contributed by atoms with van der Waals surface area (Å²) in [6.45, 7) is 2.76. The van der Waals surface area contributed by atoms with Crippen LogP contribution in [0.3, 0.4) is 0 Å². The molecule has 1 saturated carbocycles. The molecule has 0 radical (unpaired) electrons. The molecule has 7 nitrogen and oxygen atoms in total. The third kappa shape index (κ3) is 3.21. The van der Waals surface area contributed by atoms with E-state index in [2.05, 4.69) is 48.5 Å². The van der Waals surface area contributed by atoms with Crippen molar-refractivity contribution in [3.63, 3.8) is 0 Å². The van der Waals surface area contributed by atoms with Crippen LogP contribution in [0.2, 0.25) is 0 Å². The Morgan fingerprint density at radius 3 is 2.54 bits per heavy atom. The number of hydrogen-bond acceptors (Lipinski definition) is 8. The van der Waals surface area contributed by atoms with Crippen molar-refractivity contribution < 1.29 is 0 Å². The molecule has 2 aliphatic rings. The van der Waals surface area contributed by atoms with E-state index in [0.717, 1.165) is 42.1 Å². The summed E-state index contributed by atoms with van der Waals surface area (Å²) >= 11 is 1.45. The molecule has 3 heterocycles. The summed E-state index contributed by atoms with van der Waals surface area (Å²) < 4.78 is 4.44. The van der Waals surface area contributed by atoms with E-state index in [9.17, 15) is 0 Å². The average molecular weight is 345 g/mol. The number of aromatic nitrogens is 4. The fourth-order valence-electron chi connectivity index (χ4n) is 2.86. The SMILES string of the molecule is CN(C)c1nc(CN(C)C2CN(c3ccc(C4CC4)nn3)C2)ns1. The monoisotopic (exact) mass is 345 g/mol. The van der Waals surface area contributed by atoms with Gasteiger partial charge in [0, 0.05) is 50.7 Å². The summed E-state index contributed by atoms with van der Waals surface area (Å²) in [4.78, 5) is 11.2. The summed E-state index contributed by atoms with van der Waals surface area (Å²) in [7, 11) is 6.13. The van der Waals surface area contributed by atoms with Crippen LogP contribution >= 0.6 is 11.5 Å². The van der Waals surface area contributed by atoms with E-state index < -0.39 is 0 Å². The van der Waals surface area contributed by atoms with Crippen LogP contribution in [0.15, 0.2) is 12.1 Å². The van der Waals surface area contributed by atoms with E-state index in [0.29, 0.717) is 12.0 Å². The van der Waals surface area contributed by atoms with Crippen molar-refractivity contribution in [1.29, 1.82) is 0 Å². The molecule has 0 spiro atoms. The number of rotatable bonds is 6. The Bertz CT molecular complexity index is 689. The van der Waals surface area contributed by atoms with Gasteiger partial charge in [0.15, 0.2) is 11.6 Å². The van der Waals surface area contributed by atoms with E-state index in [4.69, 9.17) is 0 Å². The lowest BCUT2D eigenvalue weighted by Gasteiger charge is -2.44. The molecule has 0 aromatic carbocycles. The highest BCUT2D eigenvalue weighted by atomic mass is 32.1. The normalized spacial score (nSPS) is 18.1. The average Bonchev–Trinajstić information content (AvgIpc) is 3.26. The van der Waals surface area contributed by atoms with Crippen LogP contribution in [-0.4, -0.2) is 64.7 Å². The molecule has 2 aromatic rings. The third-order valence-corrected chi connectivity index (χ3v) is 5.63. The molecule has 1 aliphatic carbocycles.